The number of nitrogens with zero attached hydrogens (tertiary/aromatic N) is 5. The standard InChI is InChI=1S/C24H36N6O2/c1-16(14-32-5)27-23-25-12-22-20(18-11-26-29(13-18)15-24(2,3)4)10-21(30(22)28-23)17-6-8-19(31)9-7-17/h10-13,16-17,19,31H,6-9,14-15H2,1-5H3,(H,27,28)/t16-,17?,19?/m0/s1. The van der Waals surface area contributed by atoms with Crippen LogP contribution in [-0.2, 0) is 11.3 Å². The summed E-state index contributed by atoms with van der Waals surface area (Å²) in [7, 11) is 1.69. The van der Waals surface area contributed by atoms with Crippen molar-refractivity contribution in [2.24, 2.45) is 5.41 Å². The van der Waals surface area contributed by atoms with E-state index in [-0.39, 0.29) is 17.6 Å². The monoisotopic (exact) mass is 440 g/mol. The lowest BCUT2D eigenvalue weighted by molar-refractivity contribution is 0.121. The van der Waals surface area contributed by atoms with Gasteiger partial charge < -0.3 is 15.2 Å². The molecule has 1 saturated carbocycles. The fourth-order valence-electron chi connectivity index (χ4n) is 4.56. The second-order valence-corrected chi connectivity index (χ2v) is 10.4. The highest BCUT2D eigenvalue weighted by atomic mass is 16.5. The third-order valence-electron chi connectivity index (χ3n) is 6.03. The topological polar surface area (TPSA) is 89.5 Å². The Bertz CT molecular complexity index is 1040. The smallest absolute Gasteiger partial charge is 0.241 e. The van der Waals surface area contributed by atoms with Crippen molar-refractivity contribution < 1.29 is 9.84 Å². The molecule has 0 amide bonds. The number of ether oxygens (including phenoxy) is 1. The summed E-state index contributed by atoms with van der Waals surface area (Å²) in [6.07, 6.45) is 9.34. The van der Waals surface area contributed by atoms with E-state index in [1.807, 2.05) is 28.5 Å². The van der Waals surface area contributed by atoms with Crippen molar-refractivity contribution in [3.63, 3.8) is 0 Å². The summed E-state index contributed by atoms with van der Waals surface area (Å²) in [6, 6.07) is 2.35. The Morgan fingerprint density at radius 1 is 1.22 bits per heavy atom. The number of aromatic nitrogens is 5. The molecule has 0 aromatic carbocycles. The van der Waals surface area contributed by atoms with E-state index in [1.54, 1.807) is 7.11 Å². The molecular weight excluding hydrogens is 404 g/mol. The molecule has 0 bridgehead atoms. The van der Waals surface area contributed by atoms with Crippen molar-refractivity contribution in [3.05, 3.63) is 30.4 Å². The van der Waals surface area contributed by atoms with Gasteiger partial charge in [0.15, 0.2) is 0 Å². The molecule has 32 heavy (non-hydrogen) atoms. The van der Waals surface area contributed by atoms with Crippen LogP contribution in [0.5, 0.6) is 0 Å². The van der Waals surface area contributed by atoms with Crippen LogP contribution in [-0.4, -0.2) is 55.3 Å². The van der Waals surface area contributed by atoms with Gasteiger partial charge in [-0.2, -0.15) is 5.10 Å². The van der Waals surface area contributed by atoms with Crippen molar-refractivity contribution in [1.82, 2.24) is 24.4 Å². The van der Waals surface area contributed by atoms with Gasteiger partial charge in [-0.25, -0.2) is 9.50 Å². The average Bonchev–Trinajstić information content (AvgIpc) is 3.31. The van der Waals surface area contributed by atoms with Crippen LogP contribution in [0.25, 0.3) is 16.6 Å². The third kappa shape index (κ3) is 5.13. The minimum absolute atomic E-state index is 0.108. The summed E-state index contributed by atoms with van der Waals surface area (Å²) in [5.74, 6) is 0.952. The van der Waals surface area contributed by atoms with E-state index in [1.165, 1.54) is 5.69 Å². The van der Waals surface area contributed by atoms with Gasteiger partial charge in [-0.1, -0.05) is 20.8 Å². The molecule has 0 radical (unpaired) electrons. The maximum atomic E-state index is 9.99. The molecule has 4 rings (SSSR count). The van der Waals surface area contributed by atoms with E-state index in [0.717, 1.165) is 48.9 Å². The quantitative estimate of drug-likeness (QED) is 0.575. The van der Waals surface area contributed by atoms with Gasteiger partial charge in [-0.15, -0.1) is 5.10 Å². The van der Waals surface area contributed by atoms with Crippen LogP contribution in [0.1, 0.15) is 65.0 Å². The number of aliphatic hydroxyl groups excluding tert-OH is 1. The Morgan fingerprint density at radius 3 is 2.66 bits per heavy atom. The predicted molar refractivity (Wildman–Crippen MR) is 126 cm³/mol. The zero-order chi connectivity index (χ0) is 22.9. The number of hydrogen-bond acceptors (Lipinski definition) is 6. The highest BCUT2D eigenvalue weighted by molar-refractivity contribution is 5.81. The number of hydrogen-bond donors (Lipinski definition) is 2. The molecular formula is C24H36N6O2. The third-order valence-corrected chi connectivity index (χ3v) is 6.03. The van der Waals surface area contributed by atoms with Crippen LogP contribution in [0.3, 0.4) is 0 Å². The summed E-state index contributed by atoms with van der Waals surface area (Å²) < 4.78 is 9.28. The minimum atomic E-state index is -0.186. The molecule has 174 valence electrons. The van der Waals surface area contributed by atoms with Gasteiger partial charge >= 0.3 is 0 Å². The maximum Gasteiger partial charge on any atom is 0.241 e. The van der Waals surface area contributed by atoms with E-state index in [4.69, 9.17) is 9.84 Å². The van der Waals surface area contributed by atoms with Crippen LogP contribution in [0, 0.1) is 5.41 Å². The Kier molecular flexibility index (Phi) is 6.53. The Morgan fingerprint density at radius 2 is 1.97 bits per heavy atom. The number of rotatable bonds is 7. The number of fused-ring (bicyclic) bond motifs is 1. The maximum absolute atomic E-state index is 9.99. The van der Waals surface area contributed by atoms with Crippen LogP contribution in [0.4, 0.5) is 5.95 Å². The van der Waals surface area contributed by atoms with Gasteiger partial charge in [0, 0.05) is 48.6 Å². The summed E-state index contributed by atoms with van der Waals surface area (Å²) in [5, 5.41) is 22.8. The lowest BCUT2D eigenvalue weighted by Crippen LogP contribution is -2.23. The molecule has 0 unspecified atom stereocenters. The van der Waals surface area contributed by atoms with E-state index in [9.17, 15) is 5.11 Å². The van der Waals surface area contributed by atoms with Crippen LogP contribution in [0.15, 0.2) is 24.7 Å². The molecule has 8 nitrogen and oxygen atoms in total. The van der Waals surface area contributed by atoms with Crippen molar-refractivity contribution in [2.45, 2.75) is 78.0 Å². The van der Waals surface area contributed by atoms with E-state index in [0.29, 0.717) is 18.5 Å². The molecule has 1 atom stereocenters. The van der Waals surface area contributed by atoms with Gasteiger partial charge in [0.1, 0.15) is 0 Å². The fourth-order valence-corrected chi connectivity index (χ4v) is 4.56. The predicted octanol–water partition coefficient (Wildman–Crippen LogP) is 4.10. The first-order valence-corrected chi connectivity index (χ1v) is 11.6. The number of methoxy groups -OCH3 is 1. The summed E-state index contributed by atoms with van der Waals surface area (Å²) in [5.41, 5.74) is 4.48. The van der Waals surface area contributed by atoms with Crippen molar-refractivity contribution in [3.8, 4) is 11.1 Å². The molecule has 3 aromatic heterocycles. The van der Waals surface area contributed by atoms with E-state index < -0.39 is 0 Å². The van der Waals surface area contributed by atoms with Crippen LogP contribution < -0.4 is 5.32 Å². The molecule has 3 heterocycles. The molecule has 0 saturated heterocycles. The zero-order valence-corrected chi connectivity index (χ0v) is 19.9. The highest BCUT2D eigenvalue weighted by Crippen LogP contribution is 2.37. The molecule has 3 aromatic rings. The number of anilines is 1. The van der Waals surface area contributed by atoms with Gasteiger partial charge in [0.2, 0.25) is 5.95 Å². The summed E-state index contributed by atoms with van der Waals surface area (Å²) >= 11 is 0. The highest BCUT2D eigenvalue weighted by Gasteiger charge is 2.26. The second kappa shape index (κ2) is 9.19. The molecule has 1 fully saturated rings. The minimum Gasteiger partial charge on any atom is -0.393 e. The summed E-state index contributed by atoms with van der Waals surface area (Å²) in [6.45, 7) is 10.1. The lowest BCUT2D eigenvalue weighted by atomic mass is 9.85. The molecule has 0 aliphatic heterocycles. The van der Waals surface area contributed by atoms with Crippen molar-refractivity contribution in [1.29, 1.82) is 0 Å². The largest absolute Gasteiger partial charge is 0.393 e. The van der Waals surface area contributed by atoms with Gasteiger partial charge in [-0.3, -0.25) is 4.68 Å². The normalized spacial score (nSPS) is 20.6. The molecule has 0 spiro atoms. The Labute approximate surface area is 190 Å². The van der Waals surface area contributed by atoms with Gasteiger partial charge in [0.05, 0.1) is 30.6 Å². The number of aliphatic hydroxyl groups is 1. The average molecular weight is 441 g/mol. The second-order valence-electron chi connectivity index (χ2n) is 10.4. The van der Waals surface area contributed by atoms with E-state index >= 15 is 0 Å². The van der Waals surface area contributed by atoms with Crippen LogP contribution in [0.2, 0.25) is 0 Å². The SMILES string of the molecule is COC[C@H](C)Nc1ncc2c(-c3cnn(CC(C)(C)C)c3)cc(C3CCC(O)CC3)n2n1. The molecule has 2 N–H and O–H groups in total. The Hall–Kier alpha value is -2.45. The molecule has 1 aliphatic rings. The lowest BCUT2D eigenvalue weighted by Gasteiger charge is -2.25. The number of nitrogens with one attached hydrogen (secondary N) is 1. The Balaban J connectivity index is 1.73. The van der Waals surface area contributed by atoms with Crippen LogP contribution >= 0.6 is 0 Å². The van der Waals surface area contributed by atoms with Gasteiger partial charge in [0.25, 0.3) is 0 Å². The van der Waals surface area contributed by atoms with E-state index in [2.05, 4.69) is 48.4 Å². The summed E-state index contributed by atoms with van der Waals surface area (Å²) in [4.78, 5) is 4.59. The first kappa shape index (κ1) is 22.7. The first-order valence-electron chi connectivity index (χ1n) is 11.6. The van der Waals surface area contributed by atoms with Gasteiger partial charge in [-0.05, 0) is 44.1 Å². The molecule has 1 aliphatic carbocycles. The van der Waals surface area contributed by atoms with Crippen molar-refractivity contribution in [2.75, 3.05) is 19.0 Å². The molecule has 8 heteroatoms. The zero-order valence-electron chi connectivity index (χ0n) is 19.9. The fraction of sp³-hybridized carbons (Fsp3) is 0.625. The van der Waals surface area contributed by atoms with Crippen molar-refractivity contribution >= 4 is 11.5 Å². The first-order chi connectivity index (χ1) is 15.2.